The van der Waals surface area contributed by atoms with E-state index in [1.807, 2.05) is 12.1 Å². The fraction of sp³-hybridized carbons (Fsp3) is 0.0667. The molecule has 0 spiro atoms. The number of rotatable bonds is 2. The van der Waals surface area contributed by atoms with Gasteiger partial charge in [-0.2, -0.15) is 0 Å². The van der Waals surface area contributed by atoms with Crippen LogP contribution in [-0.4, -0.2) is 17.1 Å². The molecule has 0 aliphatic rings. The van der Waals surface area contributed by atoms with Crippen LogP contribution in [-0.2, 0) is 0 Å². The Bertz CT molecular complexity index is 789. The molecule has 2 aromatic heterocycles. The van der Waals surface area contributed by atoms with Gasteiger partial charge in [0, 0.05) is 17.1 Å². The Morgan fingerprint density at radius 2 is 2.05 bits per heavy atom. The van der Waals surface area contributed by atoms with Gasteiger partial charge < -0.3 is 10.5 Å². The van der Waals surface area contributed by atoms with E-state index in [1.165, 1.54) is 19.2 Å². The molecule has 1 aromatic carbocycles. The minimum atomic E-state index is -0.367. The second-order valence-electron chi connectivity index (χ2n) is 4.32. The molecule has 2 heterocycles. The van der Waals surface area contributed by atoms with Crippen molar-refractivity contribution in [2.75, 3.05) is 12.8 Å². The first-order valence-corrected chi connectivity index (χ1v) is 6.04. The van der Waals surface area contributed by atoms with Gasteiger partial charge >= 0.3 is 0 Å². The minimum Gasteiger partial charge on any atom is -0.496 e. The van der Waals surface area contributed by atoms with Crippen LogP contribution in [0.25, 0.3) is 22.2 Å². The van der Waals surface area contributed by atoms with E-state index in [9.17, 15) is 4.39 Å². The maximum absolute atomic E-state index is 13.5. The van der Waals surface area contributed by atoms with Gasteiger partial charge in [0.05, 0.1) is 12.6 Å². The van der Waals surface area contributed by atoms with Crippen molar-refractivity contribution < 1.29 is 9.13 Å². The SMILES string of the molecule is COc1ccc(F)cc1-c1nc(N)cc2cccnc12. The number of hydrogen-bond acceptors (Lipinski definition) is 4. The molecule has 3 aromatic rings. The highest BCUT2D eigenvalue weighted by Gasteiger charge is 2.14. The van der Waals surface area contributed by atoms with Crippen LogP contribution in [0.2, 0.25) is 0 Å². The summed E-state index contributed by atoms with van der Waals surface area (Å²) < 4.78 is 18.8. The average Bonchev–Trinajstić information content (AvgIpc) is 2.46. The van der Waals surface area contributed by atoms with Gasteiger partial charge in [-0.05, 0) is 30.3 Å². The van der Waals surface area contributed by atoms with Crippen molar-refractivity contribution in [1.82, 2.24) is 9.97 Å². The van der Waals surface area contributed by atoms with Crippen molar-refractivity contribution in [3.8, 4) is 17.0 Å². The summed E-state index contributed by atoms with van der Waals surface area (Å²) in [7, 11) is 1.53. The van der Waals surface area contributed by atoms with Crippen LogP contribution in [0.1, 0.15) is 0 Å². The van der Waals surface area contributed by atoms with Gasteiger partial charge in [-0.15, -0.1) is 0 Å². The second-order valence-corrected chi connectivity index (χ2v) is 4.32. The molecule has 20 heavy (non-hydrogen) atoms. The molecule has 4 nitrogen and oxygen atoms in total. The zero-order valence-electron chi connectivity index (χ0n) is 10.8. The highest BCUT2D eigenvalue weighted by Crippen LogP contribution is 2.33. The second kappa shape index (κ2) is 4.77. The lowest BCUT2D eigenvalue weighted by molar-refractivity contribution is 0.415. The van der Waals surface area contributed by atoms with E-state index in [1.54, 1.807) is 18.3 Å². The fourth-order valence-corrected chi connectivity index (χ4v) is 2.16. The summed E-state index contributed by atoms with van der Waals surface area (Å²) in [5, 5.41) is 0.848. The van der Waals surface area contributed by atoms with Crippen LogP contribution >= 0.6 is 0 Å². The number of methoxy groups -OCH3 is 1. The predicted octanol–water partition coefficient (Wildman–Crippen LogP) is 3.03. The summed E-state index contributed by atoms with van der Waals surface area (Å²) in [6.07, 6.45) is 1.66. The maximum Gasteiger partial charge on any atom is 0.128 e. The lowest BCUT2D eigenvalue weighted by Gasteiger charge is -2.10. The Hall–Kier alpha value is -2.69. The van der Waals surface area contributed by atoms with Gasteiger partial charge in [-0.25, -0.2) is 9.37 Å². The molecule has 0 aliphatic heterocycles. The maximum atomic E-state index is 13.5. The van der Waals surface area contributed by atoms with Gasteiger partial charge in [0.25, 0.3) is 0 Å². The Kier molecular flexibility index (Phi) is 2.95. The minimum absolute atomic E-state index is 0.354. The van der Waals surface area contributed by atoms with E-state index >= 15 is 0 Å². The van der Waals surface area contributed by atoms with Crippen LogP contribution in [0.4, 0.5) is 10.2 Å². The summed E-state index contributed by atoms with van der Waals surface area (Å²) >= 11 is 0. The van der Waals surface area contributed by atoms with Crippen LogP contribution in [0.3, 0.4) is 0 Å². The first kappa shape index (κ1) is 12.3. The Balaban J connectivity index is 2.37. The van der Waals surface area contributed by atoms with Crippen molar-refractivity contribution in [2.24, 2.45) is 0 Å². The van der Waals surface area contributed by atoms with Crippen molar-refractivity contribution >= 4 is 16.7 Å². The largest absolute Gasteiger partial charge is 0.496 e. The Morgan fingerprint density at radius 1 is 1.20 bits per heavy atom. The van der Waals surface area contributed by atoms with E-state index in [0.717, 1.165) is 5.39 Å². The van der Waals surface area contributed by atoms with E-state index in [0.29, 0.717) is 28.3 Å². The number of ether oxygens (including phenoxy) is 1. The number of nitrogen functional groups attached to an aromatic ring is 1. The molecule has 0 atom stereocenters. The van der Waals surface area contributed by atoms with Gasteiger partial charge in [0.2, 0.25) is 0 Å². The lowest BCUT2D eigenvalue weighted by atomic mass is 10.1. The van der Waals surface area contributed by atoms with Crippen molar-refractivity contribution in [3.63, 3.8) is 0 Å². The van der Waals surface area contributed by atoms with Crippen LogP contribution < -0.4 is 10.5 Å². The van der Waals surface area contributed by atoms with E-state index in [2.05, 4.69) is 9.97 Å². The highest BCUT2D eigenvalue weighted by molar-refractivity contribution is 5.94. The molecule has 0 bridgehead atoms. The molecular weight excluding hydrogens is 257 g/mol. The van der Waals surface area contributed by atoms with Crippen LogP contribution in [0, 0.1) is 5.82 Å². The third-order valence-electron chi connectivity index (χ3n) is 3.02. The normalized spacial score (nSPS) is 10.7. The summed E-state index contributed by atoms with van der Waals surface area (Å²) in [4.78, 5) is 8.60. The van der Waals surface area contributed by atoms with E-state index in [-0.39, 0.29) is 5.82 Å². The third kappa shape index (κ3) is 2.03. The van der Waals surface area contributed by atoms with Crippen LogP contribution in [0.5, 0.6) is 5.75 Å². The van der Waals surface area contributed by atoms with Gasteiger partial charge in [-0.3, -0.25) is 4.98 Å². The van der Waals surface area contributed by atoms with Gasteiger partial charge in [-0.1, -0.05) is 6.07 Å². The zero-order chi connectivity index (χ0) is 14.1. The first-order chi connectivity index (χ1) is 9.69. The summed E-state index contributed by atoms with van der Waals surface area (Å²) in [5.41, 5.74) is 7.52. The Labute approximate surface area is 115 Å². The predicted molar refractivity (Wildman–Crippen MR) is 75.9 cm³/mol. The topological polar surface area (TPSA) is 61.0 Å². The number of fused-ring (bicyclic) bond motifs is 1. The number of anilines is 1. The zero-order valence-corrected chi connectivity index (χ0v) is 10.8. The highest BCUT2D eigenvalue weighted by atomic mass is 19.1. The lowest BCUT2D eigenvalue weighted by Crippen LogP contribution is -1.97. The standard InChI is InChI=1S/C15H12FN3O/c1-20-12-5-4-10(16)8-11(12)15-14-9(3-2-6-18-14)7-13(17)19-15/h2-8H,1H3,(H2,17,19). The van der Waals surface area contributed by atoms with Gasteiger partial charge in [0.15, 0.2) is 0 Å². The third-order valence-corrected chi connectivity index (χ3v) is 3.02. The van der Waals surface area contributed by atoms with E-state index in [4.69, 9.17) is 10.5 Å². The molecular formula is C15H12FN3O. The smallest absolute Gasteiger partial charge is 0.128 e. The summed E-state index contributed by atoms with van der Waals surface area (Å²) in [6, 6.07) is 9.70. The number of halogens is 1. The molecule has 2 N–H and O–H groups in total. The molecule has 0 unspecified atom stereocenters. The molecule has 0 amide bonds. The quantitative estimate of drug-likeness (QED) is 0.776. The molecule has 3 rings (SSSR count). The molecule has 5 heteroatoms. The van der Waals surface area contributed by atoms with Crippen molar-refractivity contribution in [3.05, 3.63) is 48.4 Å². The average molecular weight is 269 g/mol. The number of benzene rings is 1. The van der Waals surface area contributed by atoms with Gasteiger partial charge in [0.1, 0.15) is 23.1 Å². The fourth-order valence-electron chi connectivity index (χ4n) is 2.16. The van der Waals surface area contributed by atoms with Crippen molar-refractivity contribution in [1.29, 1.82) is 0 Å². The number of aromatic nitrogens is 2. The summed E-state index contributed by atoms with van der Waals surface area (Å²) in [5.74, 6) is 0.511. The molecule has 0 radical (unpaired) electrons. The number of pyridine rings is 2. The molecule has 0 fully saturated rings. The molecule has 100 valence electrons. The first-order valence-electron chi connectivity index (χ1n) is 6.04. The Morgan fingerprint density at radius 3 is 2.85 bits per heavy atom. The number of hydrogen-bond donors (Lipinski definition) is 1. The molecule has 0 saturated carbocycles. The number of nitrogens with zero attached hydrogens (tertiary/aromatic N) is 2. The van der Waals surface area contributed by atoms with E-state index < -0.39 is 0 Å². The monoisotopic (exact) mass is 269 g/mol. The summed E-state index contributed by atoms with van der Waals surface area (Å²) in [6.45, 7) is 0. The van der Waals surface area contributed by atoms with Crippen molar-refractivity contribution in [2.45, 2.75) is 0 Å². The molecule has 0 saturated heterocycles. The number of nitrogens with two attached hydrogens (primary N) is 1. The van der Waals surface area contributed by atoms with Crippen LogP contribution in [0.15, 0.2) is 42.6 Å². The molecule has 0 aliphatic carbocycles.